The molecule has 2 saturated carbocycles. The Kier molecular flexibility index (Phi) is 5.96. The van der Waals surface area contributed by atoms with Crippen LogP contribution in [-0.2, 0) is 20.8 Å². The molecule has 38 heavy (non-hydrogen) atoms. The zero-order valence-electron chi connectivity index (χ0n) is 20.8. The van der Waals surface area contributed by atoms with Gasteiger partial charge in [-0.25, -0.2) is 0 Å². The van der Waals surface area contributed by atoms with Gasteiger partial charge in [-0.2, -0.15) is 0 Å². The number of carbonyl (C=O) groups is 4. The second-order valence-corrected chi connectivity index (χ2v) is 10.7. The van der Waals surface area contributed by atoms with Gasteiger partial charge in [-0.3, -0.25) is 34.2 Å². The van der Waals surface area contributed by atoms with E-state index in [1.54, 1.807) is 31.1 Å². The second-order valence-electron chi connectivity index (χ2n) is 10.7. The second kappa shape index (κ2) is 8.81. The molecule has 4 N–H and O–H groups in total. The fourth-order valence-corrected chi connectivity index (χ4v) is 6.77. The number of nitrogens with zero attached hydrogens (tertiary/aromatic N) is 2. The largest absolute Gasteiger partial charge is 0.507 e. The summed E-state index contributed by atoms with van der Waals surface area (Å²) in [6.07, 6.45) is -0.176. The van der Waals surface area contributed by atoms with E-state index in [1.807, 2.05) is 0 Å². The van der Waals surface area contributed by atoms with Crippen molar-refractivity contribution in [3.63, 3.8) is 0 Å². The number of nitro groups is 1. The van der Waals surface area contributed by atoms with Crippen LogP contribution in [0.4, 0.5) is 5.69 Å². The molecule has 2 aromatic carbocycles. The maximum absolute atomic E-state index is 13.9. The summed E-state index contributed by atoms with van der Waals surface area (Å²) in [6, 6.07) is 7.82. The number of hydrogen-bond acceptors (Lipinski definition) is 9. The van der Waals surface area contributed by atoms with Crippen molar-refractivity contribution < 1.29 is 34.3 Å². The number of nitrogens with two attached hydrogens (primary N) is 1. The van der Waals surface area contributed by atoms with Crippen LogP contribution in [0.5, 0.6) is 5.75 Å². The third kappa shape index (κ3) is 3.64. The van der Waals surface area contributed by atoms with Crippen molar-refractivity contribution in [1.29, 1.82) is 0 Å². The zero-order chi connectivity index (χ0) is 27.7. The van der Waals surface area contributed by atoms with Crippen LogP contribution in [0.25, 0.3) is 11.1 Å². The highest BCUT2D eigenvalue weighted by atomic mass is 16.6. The number of rotatable bonds is 4. The van der Waals surface area contributed by atoms with Crippen LogP contribution in [0.1, 0.15) is 28.8 Å². The Hall–Kier alpha value is -3.96. The summed E-state index contributed by atoms with van der Waals surface area (Å²) >= 11 is 0. The van der Waals surface area contributed by atoms with Gasteiger partial charge in [-0.05, 0) is 55.6 Å². The van der Waals surface area contributed by atoms with Crippen LogP contribution in [-0.4, -0.2) is 69.0 Å². The highest BCUT2D eigenvalue weighted by Gasteiger charge is 2.64. The zero-order valence-corrected chi connectivity index (χ0v) is 20.8. The molecule has 0 aliphatic heterocycles. The van der Waals surface area contributed by atoms with Crippen molar-refractivity contribution in [2.75, 3.05) is 14.1 Å². The molecule has 0 heterocycles. The van der Waals surface area contributed by atoms with Gasteiger partial charge in [0.25, 0.3) is 5.69 Å². The summed E-state index contributed by atoms with van der Waals surface area (Å²) < 4.78 is 0. The molecule has 0 aromatic heterocycles. The monoisotopic (exact) mass is 521 g/mol. The molecule has 0 radical (unpaired) electrons. The Bertz CT molecular complexity index is 1420. The molecule has 0 saturated heterocycles. The number of benzene rings is 2. The quantitative estimate of drug-likeness (QED) is 0.303. The summed E-state index contributed by atoms with van der Waals surface area (Å²) in [7, 11) is 3.23. The van der Waals surface area contributed by atoms with Crippen LogP contribution in [0.3, 0.4) is 0 Å². The number of nitro benzene ring substituents is 1. The third-order valence-electron chi connectivity index (χ3n) is 8.44. The lowest BCUT2D eigenvalue weighted by Crippen LogP contribution is -2.69. The van der Waals surface area contributed by atoms with Crippen molar-refractivity contribution in [3.8, 4) is 16.9 Å². The van der Waals surface area contributed by atoms with E-state index in [4.69, 9.17) is 5.73 Å². The molecule has 0 spiro atoms. The molecule has 0 bridgehead atoms. The minimum atomic E-state index is -2.12. The first-order valence-corrected chi connectivity index (χ1v) is 12.3. The van der Waals surface area contributed by atoms with E-state index < -0.39 is 69.9 Å². The lowest BCUT2D eigenvalue weighted by Gasteiger charge is -2.53. The number of primary amides is 1. The highest BCUT2D eigenvalue weighted by molar-refractivity contribution is 6.18. The van der Waals surface area contributed by atoms with E-state index in [0.717, 1.165) is 0 Å². The van der Waals surface area contributed by atoms with Crippen LogP contribution in [0.15, 0.2) is 36.4 Å². The average molecular weight is 522 g/mol. The number of fused-ring (bicyclic) bond motifs is 3. The van der Waals surface area contributed by atoms with E-state index >= 15 is 0 Å². The topological polar surface area (TPSA) is 181 Å². The number of carbonyl (C=O) groups excluding carboxylic acids is 4. The molecular formula is C27H27N3O8. The van der Waals surface area contributed by atoms with Gasteiger partial charge >= 0.3 is 0 Å². The minimum absolute atomic E-state index is 0.0619. The smallest absolute Gasteiger partial charge is 0.270 e. The Morgan fingerprint density at radius 2 is 1.89 bits per heavy atom. The van der Waals surface area contributed by atoms with Crippen LogP contribution < -0.4 is 5.73 Å². The first kappa shape index (κ1) is 25.7. The van der Waals surface area contributed by atoms with Crippen molar-refractivity contribution in [2.24, 2.45) is 29.4 Å². The number of phenols is 1. The molecule has 3 aliphatic carbocycles. The van der Waals surface area contributed by atoms with Gasteiger partial charge < -0.3 is 15.9 Å². The van der Waals surface area contributed by atoms with E-state index in [0.29, 0.717) is 16.7 Å². The summed E-state index contributed by atoms with van der Waals surface area (Å²) in [5.41, 5.74) is 4.57. The predicted octanol–water partition coefficient (Wildman–Crippen LogP) is 1.26. The highest BCUT2D eigenvalue weighted by Crippen LogP contribution is 2.52. The number of amides is 1. The van der Waals surface area contributed by atoms with Crippen LogP contribution >= 0.6 is 0 Å². The molecule has 6 unspecified atom stereocenters. The first-order valence-electron chi connectivity index (χ1n) is 12.3. The Balaban J connectivity index is 1.63. The van der Waals surface area contributed by atoms with Crippen LogP contribution in [0.2, 0.25) is 0 Å². The molecule has 1 amide bonds. The first-order chi connectivity index (χ1) is 17.9. The number of likely N-dealkylation sites (N-methyl/N-ethyl adjacent to an activating group) is 1. The maximum Gasteiger partial charge on any atom is 0.270 e. The summed E-state index contributed by atoms with van der Waals surface area (Å²) in [4.78, 5) is 65.3. The van der Waals surface area contributed by atoms with Gasteiger partial charge in [0.15, 0.2) is 17.3 Å². The number of aromatic hydroxyl groups is 1. The van der Waals surface area contributed by atoms with Crippen molar-refractivity contribution in [3.05, 3.63) is 57.6 Å². The summed E-state index contributed by atoms with van der Waals surface area (Å²) in [6.45, 7) is 0. The van der Waals surface area contributed by atoms with E-state index in [2.05, 4.69) is 0 Å². The minimum Gasteiger partial charge on any atom is -0.507 e. The fraction of sp³-hybridized carbons (Fsp3) is 0.407. The molecule has 5 rings (SSSR count). The number of phenolic OH excluding ortho intramolecular Hbond substituents is 1. The number of non-ortho nitro benzene ring substituents is 1. The van der Waals surface area contributed by atoms with Crippen LogP contribution in [0, 0.1) is 33.8 Å². The van der Waals surface area contributed by atoms with E-state index in [1.165, 1.54) is 24.3 Å². The molecule has 2 aromatic rings. The van der Waals surface area contributed by atoms with Gasteiger partial charge in [-0.15, -0.1) is 0 Å². The van der Waals surface area contributed by atoms with Gasteiger partial charge in [0.1, 0.15) is 17.3 Å². The van der Waals surface area contributed by atoms with E-state index in [9.17, 15) is 39.5 Å². The van der Waals surface area contributed by atoms with Gasteiger partial charge in [0.05, 0.1) is 22.4 Å². The average Bonchev–Trinajstić information content (AvgIpc) is 2.85. The standard InChI is InChI=1S/C27H27N3O8/c1-29(2)22-18-10-13-9-16-15(12-4-3-5-14(8-12)30(37)38)6-7-19(31)21(16)24(33)20(13)25(34)27(18,36)11-17(23(22)32)26(28)35/h3-8,13,17-18,20,22,31,36H,9-11H2,1-2H3,(H2,28,35). The van der Waals surface area contributed by atoms with Crippen molar-refractivity contribution in [1.82, 2.24) is 4.90 Å². The molecule has 198 valence electrons. The molecule has 2 fully saturated rings. The lowest BCUT2D eigenvalue weighted by molar-refractivity contribution is -0.384. The summed E-state index contributed by atoms with van der Waals surface area (Å²) in [5, 5.41) is 33.7. The van der Waals surface area contributed by atoms with Gasteiger partial charge in [-0.1, -0.05) is 18.2 Å². The number of aliphatic hydroxyl groups is 1. The third-order valence-corrected chi connectivity index (χ3v) is 8.44. The Morgan fingerprint density at radius 1 is 1.18 bits per heavy atom. The molecule has 6 atom stereocenters. The van der Waals surface area contributed by atoms with Gasteiger partial charge in [0.2, 0.25) is 5.91 Å². The lowest BCUT2D eigenvalue weighted by atomic mass is 9.52. The van der Waals surface area contributed by atoms with Gasteiger partial charge in [0, 0.05) is 24.5 Å². The molecule has 11 heteroatoms. The summed E-state index contributed by atoms with van der Waals surface area (Å²) in [5.74, 6) is -7.30. The Labute approximate surface area is 217 Å². The SMILES string of the molecule is CN(C)C1C(=O)C(C(N)=O)CC2(O)C(=O)C3C(=O)c4c(O)ccc(-c5cccc([N+](=O)[O-])c5)c4CC3CC12. The van der Waals surface area contributed by atoms with E-state index in [-0.39, 0.29) is 29.8 Å². The van der Waals surface area contributed by atoms with Crippen molar-refractivity contribution >= 4 is 28.9 Å². The fourth-order valence-electron chi connectivity index (χ4n) is 6.77. The number of Topliss-reactive ketones (excluding diaryl/α,β-unsaturated/α-hetero) is 3. The molecular weight excluding hydrogens is 494 g/mol. The maximum atomic E-state index is 13.9. The molecule has 11 nitrogen and oxygen atoms in total. The van der Waals surface area contributed by atoms with Crippen molar-refractivity contribution in [2.45, 2.75) is 30.9 Å². The Morgan fingerprint density at radius 3 is 2.53 bits per heavy atom. The number of ketones is 3. The molecule has 3 aliphatic rings. The number of hydrogen-bond donors (Lipinski definition) is 3. The predicted molar refractivity (Wildman–Crippen MR) is 133 cm³/mol. The normalized spacial score (nSPS) is 30.4.